The second kappa shape index (κ2) is 10.4. The van der Waals surface area contributed by atoms with E-state index in [4.69, 9.17) is 0 Å². The van der Waals surface area contributed by atoms with Gasteiger partial charge in [0.1, 0.15) is 6.04 Å². The monoisotopic (exact) mass is 445 g/mol. The Morgan fingerprint density at radius 1 is 1.10 bits per heavy atom. The number of anilines is 2. The zero-order valence-corrected chi connectivity index (χ0v) is 19.5. The highest BCUT2D eigenvalue weighted by Gasteiger charge is 2.30. The average Bonchev–Trinajstić information content (AvgIpc) is 2.70. The number of carbonyl (C=O) groups is 2. The molecule has 0 saturated carbocycles. The first kappa shape index (κ1) is 24.4. The van der Waals surface area contributed by atoms with Crippen LogP contribution in [0.3, 0.4) is 0 Å². The Morgan fingerprint density at radius 2 is 1.77 bits per heavy atom. The van der Waals surface area contributed by atoms with Crippen molar-refractivity contribution in [3.8, 4) is 0 Å². The van der Waals surface area contributed by atoms with Gasteiger partial charge in [0.2, 0.25) is 15.9 Å². The van der Waals surface area contributed by atoms with Gasteiger partial charge >= 0.3 is 0 Å². The summed E-state index contributed by atoms with van der Waals surface area (Å²) in [5, 5.41) is 5.56. The smallest absolute Gasteiger partial charge is 0.253 e. The Balaban J connectivity index is 2.32. The highest BCUT2D eigenvalue weighted by molar-refractivity contribution is 7.92. The van der Waals surface area contributed by atoms with Crippen LogP contribution in [0.15, 0.2) is 42.5 Å². The Bertz CT molecular complexity index is 1050. The molecule has 0 spiro atoms. The molecule has 31 heavy (non-hydrogen) atoms. The molecule has 0 aromatic heterocycles. The third kappa shape index (κ3) is 6.30. The molecule has 0 radical (unpaired) electrons. The van der Waals surface area contributed by atoms with Gasteiger partial charge in [0.05, 0.1) is 23.2 Å². The molecule has 2 amide bonds. The lowest BCUT2D eigenvalue weighted by Crippen LogP contribution is -2.46. The number of hydrogen-bond acceptors (Lipinski definition) is 4. The first-order chi connectivity index (χ1) is 14.6. The van der Waals surface area contributed by atoms with Gasteiger partial charge in [-0.1, -0.05) is 37.6 Å². The zero-order chi connectivity index (χ0) is 23.2. The molecule has 0 fully saturated rings. The number of carbonyl (C=O) groups excluding carboxylic acids is 2. The molecule has 2 aromatic rings. The van der Waals surface area contributed by atoms with E-state index in [1.54, 1.807) is 37.3 Å². The molecule has 2 N–H and O–H groups in total. The first-order valence-corrected chi connectivity index (χ1v) is 12.2. The summed E-state index contributed by atoms with van der Waals surface area (Å²) in [6.07, 6.45) is 2.89. The van der Waals surface area contributed by atoms with E-state index in [1.165, 1.54) is 6.92 Å². The summed E-state index contributed by atoms with van der Waals surface area (Å²) >= 11 is 0. The Hall–Kier alpha value is -2.87. The predicted molar refractivity (Wildman–Crippen MR) is 125 cm³/mol. The van der Waals surface area contributed by atoms with E-state index in [0.29, 0.717) is 23.5 Å². The number of rotatable bonds is 9. The van der Waals surface area contributed by atoms with Crippen LogP contribution in [0.4, 0.5) is 11.4 Å². The van der Waals surface area contributed by atoms with E-state index in [0.717, 1.165) is 34.5 Å². The highest BCUT2D eigenvalue weighted by atomic mass is 32.2. The number of para-hydroxylation sites is 1. The lowest BCUT2D eigenvalue weighted by Gasteiger charge is -2.30. The molecule has 8 heteroatoms. The fourth-order valence-electron chi connectivity index (χ4n) is 3.24. The molecule has 0 aliphatic carbocycles. The van der Waals surface area contributed by atoms with Crippen LogP contribution in [-0.4, -0.2) is 39.1 Å². The van der Waals surface area contributed by atoms with Crippen molar-refractivity contribution in [1.29, 1.82) is 0 Å². The number of benzene rings is 2. The molecule has 0 bridgehead atoms. The minimum atomic E-state index is -3.74. The zero-order valence-electron chi connectivity index (χ0n) is 18.7. The van der Waals surface area contributed by atoms with Crippen LogP contribution in [0.2, 0.25) is 0 Å². The molecule has 2 aromatic carbocycles. The van der Waals surface area contributed by atoms with Crippen molar-refractivity contribution >= 4 is 33.2 Å². The van der Waals surface area contributed by atoms with Crippen molar-refractivity contribution in [1.82, 2.24) is 5.32 Å². The van der Waals surface area contributed by atoms with Gasteiger partial charge in [0, 0.05) is 6.54 Å². The van der Waals surface area contributed by atoms with Gasteiger partial charge in [0.25, 0.3) is 5.91 Å². The van der Waals surface area contributed by atoms with Gasteiger partial charge in [-0.05, 0) is 56.5 Å². The summed E-state index contributed by atoms with van der Waals surface area (Å²) in [6, 6.07) is 11.1. The van der Waals surface area contributed by atoms with Crippen molar-refractivity contribution in [3.63, 3.8) is 0 Å². The van der Waals surface area contributed by atoms with Gasteiger partial charge in [-0.15, -0.1) is 0 Å². The molecule has 168 valence electrons. The lowest BCUT2D eigenvalue weighted by molar-refractivity contribution is -0.116. The van der Waals surface area contributed by atoms with Crippen LogP contribution in [0.5, 0.6) is 0 Å². The first-order valence-electron chi connectivity index (χ1n) is 10.3. The second-order valence-corrected chi connectivity index (χ2v) is 9.53. The second-order valence-electron chi connectivity index (χ2n) is 7.67. The Kier molecular flexibility index (Phi) is 8.21. The number of aryl methyl sites for hydroxylation is 2. The molecule has 0 heterocycles. The topological polar surface area (TPSA) is 95.6 Å². The van der Waals surface area contributed by atoms with Crippen molar-refractivity contribution in [3.05, 3.63) is 59.2 Å². The van der Waals surface area contributed by atoms with Crippen LogP contribution in [0.1, 0.15) is 48.2 Å². The molecule has 0 saturated heterocycles. The summed E-state index contributed by atoms with van der Waals surface area (Å²) in [5.74, 6) is -0.813. The third-order valence-corrected chi connectivity index (χ3v) is 6.16. The SMILES string of the molecule is CCCCNC(=O)c1ccccc1NC(=O)[C@@H](C)N(c1cc(C)ccc1C)S(C)(=O)=O. The molecule has 0 unspecified atom stereocenters. The van der Waals surface area contributed by atoms with Crippen LogP contribution >= 0.6 is 0 Å². The summed E-state index contributed by atoms with van der Waals surface area (Å²) in [7, 11) is -3.74. The van der Waals surface area contributed by atoms with Gasteiger partial charge in [-0.3, -0.25) is 13.9 Å². The maximum atomic E-state index is 13.1. The van der Waals surface area contributed by atoms with Crippen LogP contribution in [0.25, 0.3) is 0 Å². The molecular weight excluding hydrogens is 414 g/mol. The fourth-order valence-corrected chi connectivity index (χ4v) is 4.46. The van der Waals surface area contributed by atoms with E-state index in [2.05, 4.69) is 10.6 Å². The van der Waals surface area contributed by atoms with Gasteiger partial charge in [-0.2, -0.15) is 0 Å². The number of amides is 2. The van der Waals surface area contributed by atoms with Crippen molar-refractivity contribution < 1.29 is 18.0 Å². The number of nitrogens with one attached hydrogen (secondary N) is 2. The number of unbranched alkanes of at least 4 members (excludes halogenated alkanes) is 1. The molecular formula is C23H31N3O4S. The average molecular weight is 446 g/mol. The third-order valence-electron chi connectivity index (χ3n) is 4.94. The fraction of sp³-hybridized carbons (Fsp3) is 0.391. The van der Waals surface area contributed by atoms with Gasteiger partial charge in [-0.25, -0.2) is 8.42 Å². The maximum Gasteiger partial charge on any atom is 0.253 e. The number of hydrogen-bond donors (Lipinski definition) is 2. The Labute approximate surface area is 184 Å². The maximum absolute atomic E-state index is 13.1. The van der Waals surface area contributed by atoms with Crippen molar-refractivity contribution in [2.24, 2.45) is 0 Å². The summed E-state index contributed by atoms with van der Waals surface area (Å²) in [5.41, 5.74) is 2.75. The van der Waals surface area contributed by atoms with E-state index >= 15 is 0 Å². The number of sulfonamides is 1. The van der Waals surface area contributed by atoms with E-state index in [1.807, 2.05) is 26.0 Å². The lowest BCUT2D eigenvalue weighted by atomic mass is 10.1. The van der Waals surface area contributed by atoms with Gasteiger partial charge in [0.15, 0.2) is 0 Å². The van der Waals surface area contributed by atoms with E-state index in [9.17, 15) is 18.0 Å². The molecule has 2 rings (SSSR count). The summed E-state index contributed by atoms with van der Waals surface area (Å²) in [4.78, 5) is 25.6. The minimum absolute atomic E-state index is 0.286. The van der Waals surface area contributed by atoms with Crippen LogP contribution < -0.4 is 14.9 Å². The van der Waals surface area contributed by atoms with Crippen LogP contribution in [0, 0.1) is 13.8 Å². The van der Waals surface area contributed by atoms with E-state index in [-0.39, 0.29) is 5.91 Å². The van der Waals surface area contributed by atoms with Crippen molar-refractivity contribution in [2.75, 3.05) is 22.4 Å². The molecule has 0 aliphatic rings. The van der Waals surface area contributed by atoms with E-state index < -0.39 is 22.0 Å². The van der Waals surface area contributed by atoms with Crippen molar-refractivity contribution in [2.45, 2.75) is 46.6 Å². The summed E-state index contributed by atoms with van der Waals surface area (Å²) < 4.78 is 26.3. The van der Waals surface area contributed by atoms with Crippen LogP contribution in [-0.2, 0) is 14.8 Å². The summed E-state index contributed by atoms with van der Waals surface area (Å²) in [6.45, 7) is 7.77. The predicted octanol–water partition coefficient (Wildman–Crippen LogP) is 3.63. The molecule has 1 atom stereocenters. The molecule has 7 nitrogen and oxygen atoms in total. The largest absolute Gasteiger partial charge is 0.352 e. The molecule has 0 aliphatic heterocycles. The number of nitrogens with zero attached hydrogens (tertiary/aromatic N) is 1. The normalized spacial score (nSPS) is 12.2. The quantitative estimate of drug-likeness (QED) is 0.576. The minimum Gasteiger partial charge on any atom is -0.352 e. The van der Waals surface area contributed by atoms with Gasteiger partial charge < -0.3 is 10.6 Å². The Morgan fingerprint density at radius 3 is 2.42 bits per heavy atom. The standard InChI is InChI=1S/C23H31N3O4S/c1-6-7-14-24-23(28)19-10-8-9-11-20(19)25-22(27)18(4)26(31(5,29)30)21-15-16(2)12-13-17(21)3/h8-13,15,18H,6-7,14H2,1-5H3,(H,24,28)(H,25,27)/t18-/m1/s1. The highest BCUT2D eigenvalue weighted by Crippen LogP contribution is 2.27.